The number of esters is 2. The molecule has 0 saturated heterocycles. The third-order valence-corrected chi connectivity index (χ3v) is 5.08. The minimum atomic E-state index is -0.672. The van der Waals surface area contributed by atoms with Crippen LogP contribution in [0.15, 0.2) is 77.4 Å². The number of halogens is 1. The normalized spacial score (nSPS) is 14.1. The van der Waals surface area contributed by atoms with E-state index in [9.17, 15) is 19.7 Å². The van der Waals surface area contributed by atoms with Crippen molar-refractivity contribution in [2.45, 2.75) is 6.92 Å². The third-order valence-electron chi connectivity index (χ3n) is 4.83. The molecule has 0 spiro atoms. The molecule has 9 heteroatoms. The molecule has 0 unspecified atom stereocenters. The van der Waals surface area contributed by atoms with Crippen molar-refractivity contribution < 1.29 is 24.0 Å². The zero-order valence-corrected chi connectivity index (χ0v) is 17.9. The maximum atomic E-state index is 12.3. The predicted molar refractivity (Wildman–Crippen MR) is 121 cm³/mol. The molecule has 4 rings (SSSR count). The molecular weight excluding hydrogens is 448 g/mol. The molecule has 33 heavy (non-hydrogen) atoms. The molecule has 0 aromatic heterocycles. The summed E-state index contributed by atoms with van der Waals surface area (Å²) in [7, 11) is 0. The number of nitro benzene ring substituents is 1. The number of nitrogens with zero attached hydrogens (tertiary/aromatic N) is 2. The molecule has 0 N–H and O–H groups in total. The van der Waals surface area contributed by atoms with Gasteiger partial charge in [0.05, 0.1) is 10.5 Å². The quantitative estimate of drug-likeness (QED) is 0.171. The Bertz CT molecular complexity index is 1330. The molecule has 0 atom stereocenters. The average Bonchev–Trinajstić information content (AvgIpc) is 3.15. The average molecular weight is 463 g/mol. The van der Waals surface area contributed by atoms with Crippen LogP contribution >= 0.6 is 11.6 Å². The third kappa shape index (κ3) is 4.81. The van der Waals surface area contributed by atoms with E-state index in [1.165, 1.54) is 18.2 Å². The van der Waals surface area contributed by atoms with Crippen LogP contribution in [-0.4, -0.2) is 22.8 Å². The number of hydrogen-bond donors (Lipinski definition) is 0. The summed E-state index contributed by atoms with van der Waals surface area (Å²) in [5.41, 5.74) is 1.65. The molecule has 0 radical (unpaired) electrons. The van der Waals surface area contributed by atoms with Gasteiger partial charge in [-0.15, -0.1) is 0 Å². The smallest absolute Gasteiger partial charge is 0.363 e. The van der Waals surface area contributed by atoms with Gasteiger partial charge >= 0.3 is 11.9 Å². The summed E-state index contributed by atoms with van der Waals surface area (Å²) in [6, 6.07) is 17.2. The molecule has 3 aromatic carbocycles. The summed E-state index contributed by atoms with van der Waals surface area (Å²) in [6.45, 7) is 1.57. The molecule has 0 bridgehead atoms. The Labute approximate surface area is 192 Å². The van der Waals surface area contributed by atoms with E-state index in [4.69, 9.17) is 21.1 Å². The van der Waals surface area contributed by atoms with E-state index in [0.29, 0.717) is 33.0 Å². The maximum Gasteiger partial charge on any atom is 0.363 e. The molecule has 0 fully saturated rings. The summed E-state index contributed by atoms with van der Waals surface area (Å²) < 4.78 is 10.6. The SMILES string of the molecule is Cc1c(C2=N/C(=C\c3ccc(OC(=O)c4ccc(Cl)cc4)cc3)C(=O)O2)cccc1[N+](=O)[O-]. The number of carbonyl (C=O) groups excluding carboxylic acids is 2. The van der Waals surface area contributed by atoms with E-state index >= 15 is 0 Å². The van der Waals surface area contributed by atoms with Gasteiger partial charge in [0.15, 0.2) is 5.70 Å². The minimum absolute atomic E-state index is 0.000893. The fraction of sp³-hybridized carbons (Fsp3) is 0.0417. The van der Waals surface area contributed by atoms with Gasteiger partial charge < -0.3 is 9.47 Å². The van der Waals surface area contributed by atoms with Gasteiger partial charge in [-0.3, -0.25) is 10.1 Å². The number of hydrogen-bond acceptors (Lipinski definition) is 7. The van der Waals surface area contributed by atoms with Gasteiger partial charge in [-0.25, -0.2) is 14.6 Å². The number of rotatable bonds is 5. The first kappa shape index (κ1) is 21.9. The van der Waals surface area contributed by atoms with Gasteiger partial charge in [0.25, 0.3) is 5.69 Å². The Balaban J connectivity index is 1.52. The number of cyclic esters (lactones) is 1. The molecule has 1 aliphatic rings. The van der Waals surface area contributed by atoms with Crippen molar-refractivity contribution in [2.24, 2.45) is 4.99 Å². The van der Waals surface area contributed by atoms with Crippen LogP contribution in [0, 0.1) is 17.0 Å². The zero-order chi connectivity index (χ0) is 23.5. The monoisotopic (exact) mass is 462 g/mol. The Morgan fingerprint density at radius 3 is 2.45 bits per heavy atom. The lowest BCUT2D eigenvalue weighted by Gasteiger charge is -2.05. The highest BCUT2D eigenvalue weighted by Gasteiger charge is 2.27. The Kier molecular flexibility index (Phi) is 6.01. The first-order valence-corrected chi connectivity index (χ1v) is 10.0. The second kappa shape index (κ2) is 9.05. The van der Waals surface area contributed by atoms with Gasteiger partial charge in [0.2, 0.25) is 5.90 Å². The van der Waals surface area contributed by atoms with Gasteiger partial charge in [0.1, 0.15) is 5.75 Å². The highest BCUT2D eigenvalue weighted by molar-refractivity contribution is 6.30. The van der Waals surface area contributed by atoms with Crippen molar-refractivity contribution in [3.8, 4) is 5.75 Å². The predicted octanol–water partition coefficient (Wildman–Crippen LogP) is 5.12. The summed E-state index contributed by atoms with van der Waals surface area (Å²) in [5.74, 6) is -0.878. The first-order valence-electron chi connectivity index (χ1n) is 9.66. The number of ether oxygens (including phenoxy) is 2. The van der Waals surface area contributed by atoms with E-state index < -0.39 is 16.9 Å². The van der Waals surface area contributed by atoms with E-state index in [1.54, 1.807) is 61.5 Å². The van der Waals surface area contributed by atoms with Gasteiger partial charge in [0, 0.05) is 22.2 Å². The highest BCUT2D eigenvalue weighted by atomic mass is 35.5. The fourth-order valence-corrected chi connectivity index (χ4v) is 3.25. The minimum Gasteiger partial charge on any atom is -0.423 e. The summed E-state index contributed by atoms with van der Waals surface area (Å²) >= 11 is 5.82. The van der Waals surface area contributed by atoms with Crippen molar-refractivity contribution in [3.63, 3.8) is 0 Å². The number of benzene rings is 3. The molecule has 0 aliphatic carbocycles. The maximum absolute atomic E-state index is 12.3. The second-order valence-electron chi connectivity index (χ2n) is 7.01. The van der Waals surface area contributed by atoms with Crippen molar-refractivity contribution >= 4 is 41.2 Å². The molecule has 1 heterocycles. The summed E-state index contributed by atoms with van der Waals surface area (Å²) in [4.78, 5) is 39.3. The number of carbonyl (C=O) groups is 2. The van der Waals surface area contributed by atoms with Crippen molar-refractivity contribution in [1.82, 2.24) is 0 Å². The van der Waals surface area contributed by atoms with Gasteiger partial charge in [-0.1, -0.05) is 29.8 Å². The molecule has 3 aromatic rings. The zero-order valence-electron chi connectivity index (χ0n) is 17.2. The topological polar surface area (TPSA) is 108 Å². The Hall–Kier alpha value is -4.30. The number of nitro groups is 1. The number of aliphatic imine (C=N–C) groups is 1. The first-order chi connectivity index (χ1) is 15.8. The van der Waals surface area contributed by atoms with E-state index in [0.717, 1.165) is 0 Å². The van der Waals surface area contributed by atoms with Gasteiger partial charge in [-0.2, -0.15) is 0 Å². The van der Waals surface area contributed by atoms with Crippen LogP contribution in [0.5, 0.6) is 5.75 Å². The van der Waals surface area contributed by atoms with Crippen molar-refractivity contribution in [1.29, 1.82) is 0 Å². The summed E-state index contributed by atoms with van der Waals surface area (Å²) in [6.07, 6.45) is 1.51. The Morgan fingerprint density at radius 2 is 1.79 bits per heavy atom. The van der Waals surface area contributed by atoms with Crippen molar-refractivity contribution in [2.75, 3.05) is 0 Å². The molecule has 1 aliphatic heterocycles. The van der Waals surface area contributed by atoms with E-state index in [1.807, 2.05) is 0 Å². The van der Waals surface area contributed by atoms with E-state index in [2.05, 4.69) is 4.99 Å². The lowest BCUT2D eigenvalue weighted by Crippen LogP contribution is -2.08. The van der Waals surface area contributed by atoms with Gasteiger partial charge in [-0.05, 0) is 61.0 Å². The largest absolute Gasteiger partial charge is 0.423 e. The van der Waals surface area contributed by atoms with Crippen LogP contribution in [0.25, 0.3) is 6.08 Å². The standard InChI is InChI=1S/C24H15ClN2O6/c1-14-19(3-2-4-21(14)27(30)31)22-26-20(24(29)33-22)13-15-5-11-18(12-6-15)32-23(28)16-7-9-17(25)10-8-16/h2-13H,1H3/b20-13-. The van der Waals surface area contributed by atoms with Crippen LogP contribution in [0.4, 0.5) is 5.69 Å². The second-order valence-corrected chi connectivity index (χ2v) is 7.44. The highest BCUT2D eigenvalue weighted by Crippen LogP contribution is 2.26. The Morgan fingerprint density at radius 1 is 1.09 bits per heavy atom. The van der Waals surface area contributed by atoms with Crippen LogP contribution in [0.1, 0.15) is 27.0 Å². The lowest BCUT2D eigenvalue weighted by molar-refractivity contribution is -0.385. The van der Waals surface area contributed by atoms with Crippen LogP contribution in [-0.2, 0) is 9.53 Å². The van der Waals surface area contributed by atoms with E-state index in [-0.39, 0.29) is 17.3 Å². The molecule has 164 valence electrons. The summed E-state index contributed by atoms with van der Waals surface area (Å²) in [5, 5.41) is 11.7. The van der Waals surface area contributed by atoms with Crippen molar-refractivity contribution in [3.05, 3.63) is 110 Å². The van der Waals surface area contributed by atoms with Crippen LogP contribution < -0.4 is 4.74 Å². The molecule has 8 nitrogen and oxygen atoms in total. The van der Waals surface area contributed by atoms with Crippen LogP contribution in [0.3, 0.4) is 0 Å². The molecule has 0 saturated carbocycles. The molecular formula is C24H15ClN2O6. The molecule has 0 amide bonds. The van der Waals surface area contributed by atoms with Crippen LogP contribution in [0.2, 0.25) is 5.02 Å². The fourth-order valence-electron chi connectivity index (χ4n) is 3.12. The lowest BCUT2D eigenvalue weighted by atomic mass is 10.1.